The second-order valence-corrected chi connectivity index (χ2v) is 21.8. The molecule has 2 fully saturated rings. The number of nitrogens with one attached hydrogen (secondary N) is 3. The molecule has 5 N–H and O–H groups in total. The molecule has 0 saturated carbocycles. The number of ether oxygens (including phenoxy) is 3. The van der Waals surface area contributed by atoms with E-state index in [4.69, 9.17) is 14.2 Å². The molecule has 2 saturated heterocycles. The minimum Gasteiger partial charge on any atom is -0.497 e. The highest BCUT2D eigenvalue weighted by Gasteiger charge is 2.43. The number of benzene rings is 1. The third-order valence-corrected chi connectivity index (χ3v) is 14.2. The Labute approximate surface area is 439 Å². The van der Waals surface area contributed by atoms with Gasteiger partial charge >= 0.3 is 5.97 Å². The van der Waals surface area contributed by atoms with Crippen molar-refractivity contribution in [2.75, 3.05) is 41.4 Å². The number of carbonyl (C=O) groups excluding carboxylic acids is 8. The van der Waals surface area contributed by atoms with Crippen molar-refractivity contribution < 1.29 is 62.8 Å². The lowest BCUT2D eigenvalue weighted by molar-refractivity contribution is -0.161. The largest absolute Gasteiger partial charge is 0.497 e. The van der Waals surface area contributed by atoms with Gasteiger partial charge in [0.25, 0.3) is 11.8 Å². The molecule has 2 heterocycles. The Kier molecular flexibility index (Phi) is 24.7. The Balaban J connectivity index is 1.73. The molecule has 0 spiro atoms. The Hall–Kier alpha value is -5.34. The maximum atomic E-state index is 14.3. The molecule has 74 heavy (non-hydrogen) atoms. The van der Waals surface area contributed by atoms with Crippen molar-refractivity contribution in [1.29, 1.82) is 0 Å². The molecule has 2 aliphatic rings. The van der Waals surface area contributed by atoms with E-state index in [1.54, 1.807) is 58.6 Å². The first-order chi connectivity index (χ1) is 34.6. The average Bonchev–Trinajstić information content (AvgIpc) is 4.05. The van der Waals surface area contributed by atoms with E-state index in [0.29, 0.717) is 38.6 Å². The molecule has 0 bridgehead atoms. The standard InChI is InChI=1S/C54H89N7O13/c1-30(2)26-39(52(69)61-25-17-18-40(61)53(70)58(12)34(9)28-37-20-22-38(73-15)23-21-37)55-50(67)47(33(7)8)74-44(64)29-43(63)45(32(5)6)56-49(66)46(36(11)72-14)57-48(65)42(27-31(3)4)59(13)54(71)41-19-16-24-60(41)51(68)35(10)62/h20-23,30-36,39-43,45-47,62-63H,16-19,24-29H2,1-15H3,(H,55,67)(H,56,66)(H,57,65)/t34-,35+,36-,39+,40+,41?,42?,43+,45-,46+,47+/m1/s1. The fraction of sp³-hybridized carbons (Fsp3) is 0.741. The number of aliphatic hydroxyl groups is 2. The van der Waals surface area contributed by atoms with Crippen LogP contribution in [-0.2, 0) is 54.3 Å². The third-order valence-electron chi connectivity index (χ3n) is 14.2. The summed E-state index contributed by atoms with van der Waals surface area (Å²) in [6, 6.07) is 1.38. The molecule has 20 nitrogen and oxygen atoms in total. The van der Waals surface area contributed by atoms with Crippen molar-refractivity contribution in [3.05, 3.63) is 29.8 Å². The Morgan fingerprint density at radius 2 is 1.22 bits per heavy atom. The van der Waals surface area contributed by atoms with Crippen molar-refractivity contribution in [1.82, 2.24) is 35.6 Å². The summed E-state index contributed by atoms with van der Waals surface area (Å²) >= 11 is 0. The van der Waals surface area contributed by atoms with Crippen LogP contribution in [-0.4, -0.2) is 185 Å². The second-order valence-electron chi connectivity index (χ2n) is 21.8. The predicted octanol–water partition coefficient (Wildman–Crippen LogP) is 2.83. The van der Waals surface area contributed by atoms with Crippen LogP contribution in [0.2, 0.25) is 0 Å². The van der Waals surface area contributed by atoms with Crippen LogP contribution in [0, 0.1) is 23.7 Å². The summed E-state index contributed by atoms with van der Waals surface area (Å²) in [7, 11) is 6.15. The quantitative estimate of drug-likeness (QED) is 0.0797. The third kappa shape index (κ3) is 17.4. The van der Waals surface area contributed by atoms with Crippen molar-refractivity contribution in [2.24, 2.45) is 23.7 Å². The van der Waals surface area contributed by atoms with Crippen LogP contribution in [0.5, 0.6) is 5.75 Å². The van der Waals surface area contributed by atoms with E-state index in [1.807, 2.05) is 58.9 Å². The Bertz CT molecular complexity index is 2050. The van der Waals surface area contributed by atoms with Crippen molar-refractivity contribution in [3.63, 3.8) is 0 Å². The fourth-order valence-corrected chi connectivity index (χ4v) is 9.65. The first kappa shape index (κ1) is 63.0. The normalized spacial score (nSPS) is 19.5. The van der Waals surface area contributed by atoms with Crippen LogP contribution >= 0.6 is 0 Å². The van der Waals surface area contributed by atoms with Crippen LogP contribution in [0.3, 0.4) is 0 Å². The van der Waals surface area contributed by atoms with E-state index in [0.717, 1.165) is 11.3 Å². The summed E-state index contributed by atoms with van der Waals surface area (Å²) in [6.45, 7) is 19.8. The second kappa shape index (κ2) is 29.1. The highest BCUT2D eigenvalue weighted by Crippen LogP contribution is 2.26. The van der Waals surface area contributed by atoms with Gasteiger partial charge in [0.2, 0.25) is 29.5 Å². The number of aliphatic hydroxyl groups excluding tert-OH is 2. The number of methoxy groups -OCH3 is 2. The van der Waals surface area contributed by atoms with Gasteiger partial charge in [-0.2, -0.15) is 0 Å². The number of likely N-dealkylation sites (tertiary alicyclic amines) is 2. The molecule has 3 rings (SSSR count). The Morgan fingerprint density at radius 3 is 1.70 bits per heavy atom. The maximum Gasteiger partial charge on any atom is 0.309 e. The highest BCUT2D eigenvalue weighted by molar-refractivity contribution is 5.96. The minimum atomic E-state index is -1.52. The van der Waals surface area contributed by atoms with E-state index >= 15 is 0 Å². The molecule has 11 atom stereocenters. The molecule has 418 valence electrons. The first-order valence-corrected chi connectivity index (χ1v) is 26.4. The molecule has 0 aliphatic carbocycles. The van der Waals surface area contributed by atoms with E-state index in [9.17, 15) is 48.6 Å². The van der Waals surface area contributed by atoms with Gasteiger partial charge in [-0.25, -0.2) is 0 Å². The van der Waals surface area contributed by atoms with E-state index in [2.05, 4.69) is 16.0 Å². The van der Waals surface area contributed by atoms with Crippen LogP contribution in [0.1, 0.15) is 127 Å². The molecular formula is C54H89N7O13. The topological polar surface area (TPSA) is 254 Å². The summed E-state index contributed by atoms with van der Waals surface area (Å²) in [6.07, 6.45) is -2.70. The SMILES string of the molecule is COc1ccc(C[C@@H](C)N(C)C(=O)[C@@H]2CCCN2C(=O)[C@H](CC(C)C)NC(=O)[C@@H](OC(=O)C[C@H](O)[C@H](NC(=O)[C@@H](NC(=O)C(CC(C)C)N(C)C(=O)C2CCCN2C(=O)[C@H](C)O)[C@@H](C)OC)C(C)C)C(C)C)cc1. The van der Waals surface area contributed by atoms with Gasteiger partial charge in [0.1, 0.15) is 42.1 Å². The lowest BCUT2D eigenvalue weighted by atomic mass is 9.95. The number of hydrogen-bond donors (Lipinski definition) is 5. The molecule has 2 aliphatic heterocycles. The predicted molar refractivity (Wildman–Crippen MR) is 278 cm³/mol. The van der Waals surface area contributed by atoms with Crippen LogP contribution in [0.15, 0.2) is 24.3 Å². The Morgan fingerprint density at radius 1 is 0.676 bits per heavy atom. The lowest BCUT2D eigenvalue weighted by Crippen LogP contribution is -2.61. The van der Waals surface area contributed by atoms with Crippen molar-refractivity contribution in [3.8, 4) is 5.75 Å². The minimum absolute atomic E-state index is 0.0404. The molecule has 20 heteroatoms. The summed E-state index contributed by atoms with van der Waals surface area (Å²) in [5.74, 6) is -5.12. The number of hydrogen-bond acceptors (Lipinski definition) is 13. The van der Waals surface area contributed by atoms with Gasteiger partial charge in [0, 0.05) is 40.3 Å². The van der Waals surface area contributed by atoms with E-state index in [1.165, 1.54) is 30.9 Å². The number of esters is 1. The van der Waals surface area contributed by atoms with Crippen molar-refractivity contribution >= 4 is 47.3 Å². The van der Waals surface area contributed by atoms with Gasteiger partial charge in [-0.1, -0.05) is 67.5 Å². The number of rotatable bonds is 27. The number of amides is 7. The zero-order valence-corrected chi connectivity index (χ0v) is 46.7. The highest BCUT2D eigenvalue weighted by atomic mass is 16.5. The molecule has 2 unspecified atom stereocenters. The van der Waals surface area contributed by atoms with Gasteiger partial charge in [-0.05, 0) is 107 Å². The van der Waals surface area contributed by atoms with Crippen LogP contribution in [0.4, 0.5) is 0 Å². The number of carbonyl (C=O) groups is 8. The van der Waals surface area contributed by atoms with Gasteiger partial charge in [-0.15, -0.1) is 0 Å². The molecule has 0 aromatic heterocycles. The monoisotopic (exact) mass is 1040 g/mol. The summed E-state index contributed by atoms with van der Waals surface area (Å²) < 4.78 is 16.5. The summed E-state index contributed by atoms with van der Waals surface area (Å²) in [4.78, 5) is 117. The molecule has 1 aromatic carbocycles. The smallest absolute Gasteiger partial charge is 0.309 e. The summed E-state index contributed by atoms with van der Waals surface area (Å²) in [5.41, 5.74) is 1.03. The average molecular weight is 1040 g/mol. The first-order valence-electron chi connectivity index (χ1n) is 26.4. The fourth-order valence-electron chi connectivity index (χ4n) is 9.65. The number of likely N-dealkylation sites (N-methyl/N-ethyl adjacent to an activating group) is 2. The van der Waals surface area contributed by atoms with Crippen LogP contribution < -0.4 is 20.7 Å². The molecular weight excluding hydrogens is 955 g/mol. The van der Waals surface area contributed by atoms with Crippen molar-refractivity contribution in [2.45, 2.75) is 194 Å². The van der Waals surface area contributed by atoms with Gasteiger partial charge in [0.15, 0.2) is 6.10 Å². The van der Waals surface area contributed by atoms with E-state index in [-0.39, 0.29) is 43.2 Å². The van der Waals surface area contributed by atoms with Gasteiger partial charge < -0.3 is 60.0 Å². The lowest BCUT2D eigenvalue weighted by Gasteiger charge is -2.35. The maximum absolute atomic E-state index is 14.3. The zero-order valence-electron chi connectivity index (χ0n) is 46.7. The van der Waals surface area contributed by atoms with Gasteiger partial charge in [0.05, 0.1) is 31.8 Å². The zero-order chi connectivity index (χ0) is 55.9. The van der Waals surface area contributed by atoms with Crippen LogP contribution in [0.25, 0.3) is 0 Å². The summed E-state index contributed by atoms with van der Waals surface area (Å²) in [5, 5.41) is 29.9. The van der Waals surface area contributed by atoms with E-state index < -0.39 is 120 Å². The molecule has 0 radical (unpaired) electrons. The number of nitrogens with zero attached hydrogens (tertiary/aromatic N) is 4. The molecule has 1 aromatic rings. The molecule has 7 amide bonds. The van der Waals surface area contributed by atoms with Gasteiger partial charge in [-0.3, -0.25) is 38.4 Å².